The molecule has 3 heterocycles. The lowest BCUT2D eigenvalue weighted by Crippen LogP contribution is -1.98. The molecule has 7 nitrogen and oxygen atoms in total. The number of nitrogens with zero attached hydrogens (tertiary/aromatic N) is 5. The molecule has 0 bridgehead atoms. The second-order valence-corrected chi connectivity index (χ2v) is 4.19. The molecule has 0 aliphatic carbocycles. The fourth-order valence-electron chi connectivity index (χ4n) is 2.09. The predicted molar refractivity (Wildman–Crippen MR) is 70.7 cm³/mol. The van der Waals surface area contributed by atoms with Gasteiger partial charge in [0, 0.05) is 11.1 Å². The van der Waals surface area contributed by atoms with Gasteiger partial charge in [0.05, 0.1) is 17.9 Å². The molecule has 0 atom stereocenters. The van der Waals surface area contributed by atoms with Crippen molar-refractivity contribution in [2.45, 2.75) is 0 Å². The van der Waals surface area contributed by atoms with Gasteiger partial charge >= 0.3 is 0 Å². The predicted octanol–water partition coefficient (Wildman–Crippen LogP) is 1.27. The summed E-state index contributed by atoms with van der Waals surface area (Å²) in [7, 11) is 0. The Hall–Kier alpha value is -2.96. The van der Waals surface area contributed by atoms with E-state index in [0.29, 0.717) is 11.2 Å². The zero-order valence-electron chi connectivity index (χ0n) is 9.78. The molecule has 19 heavy (non-hydrogen) atoms. The van der Waals surface area contributed by atoms with Crippen LogP contribution in [0.2, 0.25) is 0 Å². The Morgan fingerprint density at radius 3 is 3.05 bits per heavy atom. The first kappa shape index (κ1) is 10.0. The first-order valence-corrected chi connectivity index (χ1v) is 5.70. The van der Waals surface area contributed by atoms with Crippen LogP contribution in [0.3, 0.4) is 0 Å². The first-order valence-electron chi connectivity index (χ1n) is 5.70. The number of hydrogen-bond donors (Lipinski definition) is 2. The largest absolute Gasteiger partial charge is 0.368 e. The lowest BCUT2D eigenvalue weighted by molar-refractivity contribution is 1.07. The van der Waals surface area contributed by atoms with E-state index in [-0.39, 0.29) is 5.95 Å². The minimum atomic E-state index is 0.235. The van der Waals surface area contributed by atoms with Crippen molar-refractivity contribution >= 4 is 28.0 Å². The monoisotopic (exact) mass is 251 g/mol. The van der Waals surface area contributed by atoms with Crippen molar-refractivity contribution in [2.24, 2.45) is 0 Å². The molecular formula is C12H9N7. The van der Waals surface area contributed by atoms with Crippen molar-refractivity contribution in [1.82, 2.24) is 29.7 Å². The SMILES string of the molecule is Nc1ncc2ncn(-c3ccc4[nH]ncc4c3)c2n1. The van der Waals surface area contributed by atoms with Gasteiger partial charge in [0.1, 0.15) is 11.8 Å². The molecule has 92 valence electrons. The number of anilines is 1. The molecule has 7 heteroatoms. The van der Waals surface area contributed by atoms with Gasteiger partial charge in [0.25, 0.3) is 0 Å². The molecule has 0 amide bonds. The molecule has 1 aromatic carbocycles. The first-order chi connectivity index (χ1) is 9.31. The van der Waals surface area contributed by atoms with E-state index in [1.807, 2.05) is 22.8 Å². The summed E-state index contributed by atoms with van der Waals surface area (Å²) in [5.41, 5.74) is 8.97. The Bertz CT molecular complexity index is 889. The molecule has 3 N–H and O–H groups in total. The summed E-state index contributed by atoms with van der Waals surface area (Å²) in [5, 5.41) is 7.95. The van der Waals surface area contributed by atoms with Gasteiger partial charge < -0.3 is 5.73 Å². The van der Waals surface area contributed by atoms with Gasteiger partial charge in [0.15, 0.2) is 5.65 Å². The highest BCUT2D eigenvalue weighted by molar-refractivity contribution is 5.81. The summed E-state index contributed by atoms with van der Waals surface area (Å²) in [6.45, 7) is 0. The quantitative estimate of drug-likeness (QED) is 0.531. The molecule has 0 saturated carbocycles. The molecule has 0 aliphatic rings. The van der Waals surface area contributed by atoms with E-state index in [4.69, 9.17) is 5.73 Å². The van der Waals surface area contributed by atoms with Crippen LogP contribution in [0.1, 0.15) is 0 Å². The van der Waals surface area contributed by atoms with Crippen LogP contribution in [0, 0.1) is 0 Å². The summed E-state index contributed by atoms with van der Waals surface area (Å²) >= 11 is 0. The van der Waals surface area contributed by atoms with Crippen LogP contribution < -0.4 is 5.73 Å². The van der Waals surface area contributed by atoms with Gasteiger partial charge in [-0.05, 0) is 18.2 Å². The maximum absolute atomic E-state index is 5.63. The Labute approximate surface area is 107 Å². The average molecular weight is 251 g/mol. The second kappa shape index (κ2) is 3.52. The van der Waals surface area contributed by atoms with E-state index in [9.17, 15) is 0 Å². The number of aromatic amines is 1. The van der Waals surface area contributed by atoms with Crippen molar-refractivity contribution in [1.29, 1.82) is 0 Å². The molecule has 4 rings (SSSR count). The third kappa shape index (κ3) is 1.45. The molecular weight excluding hydrogens is 242 g/mol. The maximum Gasteiger partial charge on any atom is 0.222 e. The van der Waals surface area contributed by atoms with E-state index >= 15 is 0 Å². The molecule has 0 fully saturated rings. The number of nitrogens with two attached hydrogens (primary N) is 1. The smallest absolute Gasteiger partial charge is 0.222 e. The number of hydrogen-bond acceptors (Lipinski definition) is 5. The second-order valence-electron chi connectivity index (χ2n) is 4.19. The van der Waals surface area contributed by atoms with Crippen LogP contribution in [0.25, 0.3) is 27.8 Å². The minimum Gasteiger partial charge on any atom is -0.368 e. The summed E-state index contributed by atoms with van der Waals surface area (Å²) < 4.78 is 1.87. The molecule has 0 spiro atoms. The molecule has 0 unspecified atom stereocenters. The van der Waals surface area contributed by atoms with Crippen LogP contribution in [-0.4, -0.2) is 29.7 Å². The topological polar surface area (TPSA) is 98.3 Å². The number of fused-ring (bicyclic) bond motifs is 2. The van der Waals surface area contributed by atoms with E-state index < -0.39 is 0 Å². The lowest BCUT2D eigenvalue weighted by atomic mass is 10.2. The molecule has 0 radical (unpaired) electrons. The highest BCUT2D eigenvalue weighted by Crippen LogP contribution is 2.20. The molecule has 0 saturated heterocycles. The summed E-state index contributed by atoms with van der Waals surface area (Å²) in [4.78, 5) is 12.4. The summed E-state index contributed by atoms with van der Waals surface area (Å²) in [6, 6.07) is 5.95. The molecule has 0 aliphatic heterocycles. The zero-order valence-corrected chi connectivity index (χ0v) is 9.78. The van der Waals surface area contributed by atoms with Crippen molar-refractivity contribution in [3.8, 4) is 5.69 Å². The number of nitrogens with one attached hydrogen (secondary N) is 1. The minimum absolute atomic E-state index is 0.235. The number of rotatable bonds is 1. The van der Waals surface area contributed by atoms with E-state index in [1.165, 1.54) is 0 Å². The van der Waals surface area contributed by atoms with Crippen LogP contribution >= 0.6 is 0 Å². The van der Waals surface area contributed by atoms with Crippen molar-refractivity contribution in [3.63, 3.8) is 0 Å². The summed E-state index contributed by atoms with van der Waals surface area (Å²) in [5.74, 6) is 0.235. The standard InChI is InChI=1S/C12H9N7/c13-12-14-5-10-11(17-12)19(6-15-10)8-1-2-9-7(3-8)4-16-18-9/h1-6H,(H,16,18)(H2,13,14,17). The normalized spacial score (nSPS) is 11.4. The Morgan fingerprint density at radius 2 is 2.11 bits per heavy atom. The lowest BCUT2D eigenvalue weighted by Gasteiger charge is -2.03. The number of H-pyrrole nitrogens is 1. The number of aromatic nitrogens is 6. The van der Waals surface area contributed by atoms with E-state index in [0.717, 1.165) is 16.6 Å². The number of benzene rings is 1. The third-order valence-corrected chi connectivity index (χ3v) is 3.01. The maximum atomic E-state index is 5.63. The van der Waals surface area contributed by atoms with Gasteiger partial charge in [-0.15, -0.1) is 0 Å². The van der Waals surface area contributed by atoms with Crippen molar-refractivity contribution in [3.05, 3.63) is 36.9 Å². The number of imidazole rings is 1. The van der Waals surface area contributed by atoms with Gasteiger partial charge in [-0.2, -0.15) is 10.1 Å². The van der Waals surface area contributed by atoms with Crippen LogP contribution in [0.15, 0.2) is 36.9 Å². The van der Waals surface area contributed by atoms with Gasteiger partial charge in [-0.25, -0.2) is 9.97 Å². The Morgan fingerprint density at radius 1 is 1.16 bits per heavy atom. The fraction of sp³-hybridized carbons (Fsp3) is 0. The van der Waals surface area contributed by atoms with Gasteiger partial charge in [0.2, 0.25) is 5.95 Å². The average Bonchev–Trinajstić information content (AvgIpc) is 3.03. The van der Waals surface area contributed by atoms with Gasteiger partial charge in [-0.1, -0.05) is 0 Å². The third-order valence-electron chi connectivity index (χ3n) is 3.01. The molecule has 4 aromatic rings. The van der Waals surface area contributed by atoms with Crippen molar-refractivity contribution < 1.29 is 0 Å². The molecule has 3 aromatic heterocycles. The zero-order chi connectivity index (χ0) is 12.8. The van der Waals surface area contributed by atoms with Crippen LogP contribution in [-0.2, 0) is 0 Å². The fourth-order valence-corrected chi connectivity index (χ4v) is 2.09. The van der Waals surface area contributed by atoms with Crippen molar-refractivity contribution in [2.75, 3.05) is 5.73 Å². The van der Waals surface area contributed by atoms with Crippen LogP contribution in [0.4, 0.5) is 5.95 Å². The summed E-state index contributed by atoms with van der Waals surface area (Å²) in [6.07, 6.45) is 5.10. The Balaban J connectivity index is 2.00. The number of nitrogen functional groups attached to an aromatic ring is 1. The van der Waals surface area contributed by atoms with E-state index in [1.54, 1.807) is 18.7 Å². The highest BCUT2D eigenvalue weighted by Gasteiger charge is 2.08. The van der Waals surface area contributed by atoms with E-state index in [2.05, 4.69) is 25.1 Å². The Kier molecular flexibility index (Phi) is 1.85. The highest BCUT2D eigenvalue weighted by atomic mass is 15.1. The van der Waals surface area contributed by atoms with Crippen LogP contribution in [0.5, 0.6) is 0 Å². The van der Waals surface area contributed by atoms with Gasteiger partial charge in [-0.3, -0.25) is 9.67 Å².